The smallest absolute Gasteiger partial charge is 0.327 e. The van der Waals surface area contributed by atoms with Gasteiger partial charge in [0.15, 0.2) is 11.0 Å². The summed E-state index contributed by atoms with van der Waals surface area (Å²) in [5.41, 5.74) is 0.437. The molecule has 2 rings (SSSR count). The zero-order valence-corrected chi connectivity index (χ0v) is 10.1. The number of ketones is 1. The van der Waals surface area contributed by atoms with Crippen LogP contribution in [0.4, 0.5) is 0 Å². The van der Waals surface area contributed by atoms with E-state index in [1.807, 2.05) is 0 Å². The minimum absolute atomic E-state index is 0.260. The molecule has 0 saturated carbocycles. The van der Waals surface area contributed by atoms with Gasteiger partial charge in [0, 0.05) is 4.90 Å². The van der Waals surface area contributed by atoms with Gasteiger partial charge in [0.25, 0.3) is 0 Å². The number of thioether (sulfide) groups is 1. The molecule has 1 heterocycles. The summed E-state index contributed by atoms with van der Waals surface area (Å²) < 4.78 is 4.84. The molecule has 1 aliphatic rings. The molecule has 5 heteroatoms. The number of Topliss-reactive ketones (excluding diaryl/α,β-unsaturated/α-hetero) is 1. The van der Waals surface area contributed by atoms with Crippen LogP contribution in [0.3, 0.4) is 0 Å². The highest BCUT2D eigenvalue weighted by Crippen LogP contribution is 2.40. The molecule has 0 N–H and O–H groups in total. The summed E-state index contributed by atoms with van der Waals surface area (Å²) in [5, 5.41) is -0.406. The van der Waals surface area contributed by atoms with E-state index in [9.17, 15) is 9.59 Å². The monoisotopic (exact) mass is 256 g/mol. The second kappa shape index (κ2) is 4.47. The molecule has 0 amide bonds. The maximum Gasteiger partial charge on any atom is 0.327 e. The van der Waals surface area contributed by atoms with Crippen LogP contribution < -0.4 is 0 Å². The maximum atomic E-state index is 11.9. The van der Waals surface area contributed by atoms with Gasteiger partial charge < -0.3 is 4.74 Å². The van der Waals surface area contributed by atoms with Crippen molar-refractivity contribution < 1.29 is 14.3 Å². The van der Waals surface area contributed by atoms with Crippen LogP contribution in [-0.4, -0.2) is 23.6 Å². The average molecular weight is 257 g/mol. The molecule has 3 nitrogen and oxygen atoms in total. The molecular formula is C11H9ClO3S. The van der Waals surface area contributed by atoms with Gasteiger partial charge in [0.2, 0.25) is 0 Å². The van der Waals surface area contributed by atoms with E-state index in [4.69, 9.17) is 16.3 Å². The summed E-state index contributed by atoms with van der Waals surface area (Å²) in [4.78, 5) is 24.2. The molecule has 16 heavy (non-hydrogen) atoms. The third-order valence-corrected chi connectivity index (χ3v) is 3.76. The van der Waals surface area contributed by atoms with Gasteiger partial charge in [-0.1, -0.05) is 17.7 Å². The molecule has 0 saturated heterocycles. The van der Waals surface area contributed by atoms with Crippen LogP contribution in [0.1, 0.15) is 17.3 Å². The Morgan fingerprint density at radius 3 is 2.94 bits per heavy atom. The number of carbonyl (C=O) groups excluding carboxylic acids is 2. The third-order valence-electron chi connectivity index (χ3n) is 2.21. The first-order valence-electron chi connectivity index (χ1n) is 4.81. The third kappa shape index (κ3) is 1.83. The SMILES string of the molecule is CCOC(=O)C1Sc2cccc(Cl)c2C1=O. The average Bonchev–Trinajstić information content (AvgIpc) is 2.58. The zero-order valence-electron chi connectivity index (χ0n) is 8.53. The van der Waals surface area contributed by atoms with Crippen molar-refractivity contribution in [2.75, 3.05) is 6.61 Å². The second-order valence-corrected chi connectivity index (χ2v) is 4.78. The Hall–Kier alpha value is -1.00. The van der Waals surface area contributed by atoms with Crippen molar-refractivity contribution >= 4 is 35.1 Å². The first-order valence-corrected chi connectivity index (χ1v) is 6.07. The number of fused-ring (bicyclic) bond motifs is 1. The number of hydrogen-bond acceptors (Lipinski definition) is 4. The van der Waals surface area contributed by atoms with E-state index in [2.05, 4.69) is 0 Å². The number of ether oxygens (including phenoxy) is 1. The quantitative estimate of drug-likeness (QED) is 0.603. The van der Waals surface area contributed by atoms with Crippen molar-refractivity contribution in [2.45, 2.75) is 17.1 Å². The normalized spacial score (nSPS) is 18.4. The number of esters is 1. The maximum absolute atomic E-state index is 11.9. The van der Waals surface area contributed by atoms with E-state index >= 15 is 0 Å². The Balaban J connectivity index is 2.31. The Morgan fingerprint density at radius 2 is 2.31 bits per heavy atom. The van der Waals surface area contributed by atoms with Crippen LogP contribution in [0.2, 0.25) is 5.02 Å². The summed E-state index contributed by atoms with van der Waals surface area (Å²) in [7, 11) is 0. The van der Waals surface area contributed by atoms with Gasteiger partial charge in [-0.25, -0.2) is 0 Å². The lowest BCUT2D eigenvalue weighted by molar-refractivity contribution is -0.141. The molecular weight excluding hydrogens is 248 g/mol. The van der Waals surface area contributed by atoms with Crippen LogP contribution in [0.15, 0.2) is 23.1 Å². The fourth-order valence-corrected chi connectivity index (χ4v) is 2.98. The first kappa shape index (κ1) is 11.5. The Labute approximate surface area is 102 Å². The van der Waals surface area contributed by atoms with E-state index < -0.39 is 11.2 Å². The molecule has 1 aliphatic heterocycles. The molecule has 0 radical (unpaired) electrons. The van der Waals surface area contributed by atoms with Gasteiger partial charge in [-0.15, -0.1) is 11.8 Å². The highest BCUT2D eigenvalue weighted by Gasteiger charge is 2.39. The van der Waals surface area contributed by atoms with Crippen molar-refractivity contribution in [2.24, 2.45) is 0 Å². The predicted molar refractivity (Wildman–Crippen MR) is 62.1 cm³/mol. The predicted octanol–water partition coefficient (Wildman–Crippen LogP) is 2.56. The molecule has 1 aromatic carbocycles. The fraction of sp³-hybridized carbons (Fsp3) is 0.273. The topological polar surface area (TPSA) is 43.4 Å². The van der Waals surface area contributed by atoms with Gasteiger partial charge in [0.05, 0.1) is 17.2 Å². The lowest BCUT2D eigenvalue weighted by Gasteiger charge is -2.05. The second-order valence-electron chi connectivity index (χ2n) is 3.23. The van der Waals surface area contributed by atoms with E-state index in [1.165, 1.54) is 11.8 Å². The number of benzene rings is 1. The van der Waals surface area contributed by atoms with E-state index in [0.29, 0.717) is 10.6 Å². The molecule has 1 atom stereocenters. The molecule has 0 fully saturated rings. The number of carbonyl (C=O) groups is 2. The number of hydrogen-bond donors (Lipinski definition) is 0. The van der Waals surface area contributed by atoms with Gasteiger partial charge in [0.1, 0.15) is 0 Å². The number of halogens is 1. The summed E-state index contributed by atoms with van der Waals surface area (Å²) in [6.45, 7) is 1.98. The van der Waals surface area contributed by atoms with E-state index in [-0.39, 0.29) is 12.4 Å². The minimum Gasteiger partial charge on any atom is -0.465 e. The molecule has 0 bridgehead atoms. The lowest BCUT2D eigenvalue weighted by Crippen LogP contribution is -2.25. The lowest BCUT2D eigenvalue weighted by atomic mass is 10.1. The van der Waals surface area contributed by atoms with Crippen LogP contribution in [-0.2, 0) is 9.53 Å². The van der Waals surface area contributed by atoms with Crippen LogP contribution in [0, 0.1) is 0 Å². The van der Waals surface area contributed by atoms with E-state index in [1.54, 1.807) is 25.1 Å². The fourth-order valence-electron chi connectivity index (χ4n) is 1.53. The van der Waals surface area contributed by atoms with Crippen LogP contribution in [0.5, 0.6) is 0 Å². The van der Waals surface area contributed by atoms with Crippen molar-refractivity contribution in [3.8, 4) is 0 Å². The van der Waals surface area contributed by atoms with Crippen molar-refractivity contribution in [3.05, 3.63) is 28.8 Å². The number of rotatable bonds is 2. The summed E-state index contributed by atoms with van der Waals surface area (Å²) >= 11 is 7.12. The van der Waals surface area contributed by atoms with Crippen molar-refractivity contribution in [1.29, 1.82) is 0 Å². The van der Waals surface area contributed by atoms with Crippen LogP contribution in [0.25, 0.3) is 0 Å². The molecule has 1 aromatic rings. The summed E-state index contributed by atoms with van der Waals surface area (Å²) in [6.07, 6.45) is 0. The first-order chi connectivity index (χ1) is 7.65. The van der Waals surface area contributed by atoms with Gasteiger partial charge in [-0.05, 0) is 19.1 Å². The van der Waals surface area contributed by atoms with Crippen LogP contribution >= 0.6 is 23.4 Å². The van der Waals surface area contributed by atoms with Crippen molar-refractivity contribution in [1.82, 2.24) is 0 Å². The molecule has 84 valence electrons. The Bertz CT molecular complexity index is 459. The molecule has 1 unspecified atom stereocenters. The molecule has 0 spiro atoms. The molecule has 0 aliphatic carbocycles. The van der Waals surface area contributed by atoms with Gasteiger partial charge in [-0.2, -0.15) is 0 Å². The summed E-state index contributed by atoms with van der Waals surface area (Å²) in [5.74, 6) is -0.756. The Kier molecular flexibility index (Phi) is 3.21. The standard InChI is InChI=1S/C11H9ClO3S/c1-2-15-11(14)10-9(13)8-6(12)4-3-5-7(8)16-10/h3-5,10H,2H2,1H3. The Morgan fingerprint density at radius 1 is 1.56 bits per heavy atom. The van der Waals surface area contributed by atoms with E-state index in [0.717, 1.165) is 4.90 Å². The largest absolute Gasteiger partial charge is 0.465 e. The minimum atomic E-state index is -0.796. The zero-order chi connectivity index (χ0) is 11.7. The summed E-state index contributed by atoms with van der Waals surface area (Å²) in [6, 6.07) is 5.18. The highest BCUT2D eigenvalue weighted by atomic mass is 35.5. The van der Waals surface area contributed by atoms with Gasteiger partial charge in [-0.3, -0.25) is 9.59 Å². The molecule has 0 aromatic heterocycles. The highest BCUT2D eigenvalue weighted by molar-refractivity contribution is 8.02. The van der Waals surface area contributed by atoms with Crippen molar-refractivity contribution in [3.63, 3.8) is 0 Å². The van der Waals surface area contributed by atoms with Gasteiger partial charge >= 0.3 is 5.97 Å².